The summed E-state index contributed by atoms with van der Waals surface area (Å²) in [5.41, 5.74) is 1.89. The van der Waals surface area contributed by atoms with E-state index in [1.807, 2.05) is 66.4 Å². The molecular weight excluding hydrogens is 288 g/mol. The fraction of sp³-hybridized carbons (Fsp3) is 0.333. The number of hydrogen-bond acceptors (Lipinski definition) is 2. The van der Waals surface area contributed by atoms with Gasteiger partial charge in [-0.05, 0) is 12.5 Å². The van der Waals surface area contributed by atoms with E-state index in [0.29, 0.717) is 5.92 Å². The van der Waals surface area contributed by atoms with E-state index in [1.165, 1.54) is 0 Å². The van der Waals surface area contributed by atoms with Gasteiger partial charge in [-0.1, -0.05) is 18.2 Å². The monoisotopic (exact) mass is 308 g/mol. The van der Waals surface area contributed by atoms with E-state index in [-0.39, 0.29) is 5.91 Å². The second kappa shape index (κ2) is 5.26. The van der Waals surface area contributed by atoms with Crippen molar-refractivity contribution in [3.63, 3.8) is 0 Å². The molecule has 4 rings (SSSR count). The lowest BCUT2D eigenvalue weighted by molar-refractivity contribution is 0.0792. The van der Waals surface area contributed by atoms with Crippen molar-refractivity contribution in [2.45, 2.75) is 12.3 Å². The summed E-state index contributed by atoms with van der Waals surface area (Å²) in [5, 5.41) is 1.03. The second-order valence-electron chi connectivity index (χ2n) is 6.30. The van der Waals surface area contributed by atoms with Gasteiger partial charge in [0.15, 0.2) is 0 Å². The number of rotatable bonds is 2. The van der Waals surface area contributed by atoms with Crippen molar-refractivity contribution >= 4 is 16.8 Å². The Balaban J connectivity index is 1.61. The SMILES string of the molecule is Cn1ccnc1C1CCN(C(=O)c2cn(C)c3ccccc23)C1. The highest BCUT2D eigenvalue weighted by atomic mass is 16.2. The van der Waals surface area contributed by atoms with Crippen LogP contribution in [0, 0.1) is 0 Å². The molecule has 5 heteroatoms. The number of hydrogen-bond donors (Lipinski definition) is 0. The minimum absolute atomic E-state index is 0.124. The highest BCUT2D eigenvalue weighted by Gasteiger charge is 2.31. The van der Waals surface area contributed by atoms with Gasteiger partial charge in [0.1, 0.15) is 5.82 Å². The minimum Gasteiger partial charge on any atom is -0.350 e. The van der Waals surface area contributed by atoms with Crippen molar-refractivity contribution < 1.29 is 4.79 Å². The fourth-order valence-electron chi connectivity index (χ4n) is 3.61. The first-order valence-electron chi connectivity index (χ1n) is 7.95. The zero-order valence-corrected chi connectivity index (χ0v) is 13.4. The van der Waals surface area contributed by atoms with Crippen LogP contribution < -0.4 is 0 Å². The Hall–Kier alpha value is -2.56. The largest absolute Gasteiger partial charge is 0.350 e. The van der Waals surface area contributed by atoms with Crippen LogP contribution in [0.4, 0.5) is 0 Å². The van der Waals surface area contributed by atoms with Crippen LogP contribution in [0.25, 0.3) is 10.9 Å². The number of aryl methyl sites for hydroxylation is 2. The van der Waals surface area contributed by atoms with Gasteiger partial charge in [0.2, 0.25) is 0 Å². The number of likely N-dealkylation sites (tertiary alicyclic amines) is 1. The summed E-state index contributed by atoms with van der Waals surface area (Å²) in [5.74, 6) is 1.52. The molecule has 1 amide bonds. The van der Waals surface area contributed by atoms with Gasteiger partial charge in [0, 0.05) is 62.6 Å². The summed E-state index contributed by atoms with van der Waals surface area (Å²) in [7, 11) is 4.00. The second-order valence-corrected chi connectivity index (χ2v) is 6.30. The molecule has 0 radical (unpaired) electrons. The van der Waals surface area contributed by atoms with Crippen LogP contribution >= 0.6 is 0 Å². The van der Waals surface area contributed by atoms with Crippen LogP contribution in [0.3, 0.4) is 0 Å². The van der Waals surface area contributed by atoms with Gasteiger partial charge >= 0.3 is 0 Å². The van der Waals surface area contributed by atoms with Gasteiger partial charge < -0.3 is 14.0 Å². The van der Waals surface area contributed by atoms with Crippen molar-refractivity contribution in [3.8, 4) is 0 Å². The summed E-state index contributed by atoms with van der Waals surface area (Å²) < 4.78 is 4.07. The molecule has 0 bridgehead atoms. The number of fused-ring (bicyclic) bond motifs is 1. The summed E-state index contributed by atoms with van der Waals surface area (Å²) in [6.07, 6.45) is 6.71. The molecule has 0 N–H and O–H groups in total. The van der Waals surface area contributed by atoms with Crippen molar-refractivity contribution in [1.82, 2.24) is 19.0 Å². The molecule has 3 heterocycles. The molecule has 23 heavy (non-hydrogen) atoms. The molecule has 1 aliphatic heterocycles. The van der Waals surface area contributed by atoms with Crippen LogP contribution in [0.2, 0.25) is 0 Å². The quantitative estimate of drug-likeness (QED) is 0.730. The summed E-state index contributed by atoms with van der Waals surface area (Å²) in [4.78, 5) is 19.4. The summed E-state index contributed by atoms with van der Waals surface area (Å²) >= 11 is 0. The van der Waals surface area contributed by atoms with E-state index in [1.54, 1.807) is 0 Å². The Morgan fingerprint density at radius 3 is 2.83 bits per heavy atom. The summed E-state index contributed by atoms with van der Waals surface area (Å²) in [6, 6.07) is 8.06. The molecule has 0 saturated carbocycles. The van der Waals surface area contributed by atoms with E-state index >= 15 is 0 Å². The number of aromatic nitrogens is 3. The van der Waals surface area contributed by atoms with E-state index in [9.17, 15) is 4.79 Å². The average molecular weight is 308 g/mol. The molecule has 0 spiro atoms. The van der Waals surface area contributed by atoms with Crippen LogP contribution in [-0.4, -0.2) is 38.0 Å². The first-order chi connectivity index (χ1) is 11.1. The number of nitrogens with zero attached hydrogens (tertiary/aromatic N) is 4. The number of imidazole rings is 1. The molecule has 1 aliphatic rings. The third-order valence-corrected chi connectivity index (χ3v) is 4.83. The number of para-hydroxylation sites is 1. The van der Waals surface area contributed by atoms with Gasteiger partial charge in [-0.15, -0.1) is 0 Å². The molecule has 2 aromatic heterocycles. The Labute approximate surface area is 135 Å². The molecule has 3 aromatic rings. The lowest BCUT2D eigenvalue weighted by Gasteiger charge is -2.16. The number of benzene rings is 1. The molecule has 118 valence electrons. The van der Waals surface area contributed by atoms with Gasteiger partial charge in [-0.25, -0.2) is 4.98 Å². The molecule has 1 unspecified atom stereocenters. The highest BCUT2D eigenvalue weighted by molar-refractivity contribution is 6.07. The number of carbonyl (C=O) groups is 1. The van der Waals surface area contributed by atoms with E-state index < -0.39 is 0 Å². The maximum Gasteiger partial charge on any atom is 0.256 e. The average Bonchev–Trinajstić information content (AvgIpc) is 3.26. The lowest BCUT2D eigenvalue weighted by Crippen LogP contribution is -2.28. The summed E-state index contributed by atoms with van der Waals surface area (Å²) in [6.45, 7) is 1.53. The Morgan fingerprint density at radius 1 is 1.22 bits per heavy atom. The van der Waals surface area contributed by atoms with Crippen molar-refractivity contribution in [1.29, 1.82) is 0 Å². The molecule has 1 atom stereocenters. The molecule has 5 nitrogen and oxygen atoms in total. The lowest BCUT2D eigenvalue weighted by atomic mass is 10.1. The molecular formula is C18H20N4O. The predicted octanol–water partition coefficient (Wildman–Crippen LogP) is 2.54. The molecule has 1 saturated heterocycles. The number of amides is 1. The Morgan fingerprint density at radius 2 is 2.04 bits per heavy atom. The van der Waals surface area contributed by atoms with Crippen LogP contribution in [0.15, 0.2) is 42.9 Å². The molecule has 1 fully saturated rings. The van der Waals surface area contributed by atoms with Crippen LogP contribution in [-0.2, 0) is 14.1 Å². The normalized spacial score (nSPS) is 18.0. The zero-order chi connectivity index (χ0) is 16.0. The maximum absolute atomic E-state index is 13.0. The topological polar surface area (TPSA) is 43.1 Å². The van der Waals surface area contributed by atoms with Crippen LogP contribution in [0.5, 0.6) is 0 Å². The standard InChI is InChI=1S/C18H20N4O/c1-20-10-8-19-17(20)13-7-9-22(11-13)18(23)15-12-21(2)16-6-4-3-5-14(15)16/h3-6,8,10,12-13H,7,9,11H2,1-2H3. The van der Waals surface area contributed by atoms with Gasteiger partial charge in [-0.3, -0.25) is 4.79 Å². The van der Waals surface area contributed by atoms with Gasteiger partial charge in [-0.2, -0.15) is 0 Å². The zero-order valence-electron chi connectivity index (χ0n) is 13.4. The van der Waals surface area contributed by atoms with Gasteiger partial charge in [0.05, 0.1) is 5.56 Å². The Bertz CT molecular complexity index is 876. The number of carbonyl (C=O) groups excluding carboxylic acids is 1. The van der Waals surface area contributed by atoms with Crippen molar-refractivity contribution in [2.24, 2.45) is 14.1 Å². The first kappa shape index (κ1) is 14.1. The highest BCUT2D eigenvalue weighted by Crippen LogP contribution is 2.29. The smallest absolute Gasteiger partial charge is 0.256 e. The third-order valence-electron chi connectivity index (χ3n) is 4.83. The predicted molar refractivity (Wildman–Crippen MR) is 89.4 cm³/mol. The van der Waals surface area contributed by atoms with Crippen LogP contribution in [0.1, 0.15) is 28.5 Å². The first-order valence-corrected chi connectivity index (χ1v) is 7.95. The van der Waals surface area contributed by atoms with Crippen molar-refractivity contribution in [3.05, 3.63) is 54.2 Å². The van der Waals surface area contributed by atoms with Gasteiger partial charge in [0.25, 0.3) is 5.91 Å². The van der Waals surface area contributed by atoms with E-state index in [0.717, 1.165) is 41.8 Å². The Kier molecular flexibility index (Phi) is 3.22. The molecule has 0 aliphatic carbocycles. The van der Waals surface area contributed by atoms with E-state index in [4.69, 9.17) is 0 Å². The third kappa shape index (κ3) is 2.23. The molecule has 1 aromatic carbocycles. The van der Waals surface area contributed by atoms with E-state index in [2.05, 4.69) is 9.55 Å². The van der Waals surface area contributed by atoms with Crippen molar-refractivity contribution in [2.75, 3.05) is 13.1 Å². The maximum atomic E-state index is 13.0. The fourth-order valence-corrected chi connectivity index (χ4v) is 3.61. The minimum atomic E-state index is 0.124.